The summed E-state index contributed by atoms with van der Waals surface area (Å²) in [5, 5.41) is 2.95. The first-order valence-electron chi connectivity index (χ1n) is 8.79. The summed E-state index contributed by atoms with van der Waals surface area (Å²) in [6.07, 6.45) is 0. The minimum atomic E-state index is -0.0712. The van der Waals surface area contributed by atoms with Gasteiger partial charge in [0.25, 0.3) is 5.91 Å². The molecule has 0 bridgehead atoms. The van der Waals surface area contributed by atoms with Crippen LogP contribution in [0.1, 0.15) is 31.1 Å². The van der Waals surface area contributed by atoms with Gasteiger partial charge in [-0.15, -0.1) is 0 Å². The molecule has 7 heteroatoms. The average molecular weight is 363 g/mol. The lowest BCUT2D eigenvalue weighted by Gasteiger charge is -2.35. The molecule has 1 aromatic carbocycles. The fourth-order valence-electron chi connectivity index (χ4n) is 2.72. The van der Waals surface area contributed by atoms with Crippen molar-refractivity contribution in [3.05, 3.63) is 23.8 Å². The first-order chi connectivity index (χ1) is 12.2. The summed E-state index contributed by atoms with van der Waals surface area (Å²) in [4.78, 5) is 28.5. The molecule has 1 heterocycles. The summed E-state index contributed by atoms with van der Waals surface area (Å²) in [6.45, 7) is 8.92. The third-order valence-corrected chi connectivity index (χ3v) is 4.25. The highest BCUT2D eigenvalue weighted by Crippen LogP contribution is 2.28. The topological polar surface area (TPSA) is 71.1 Å². The number of carbonyl (C=O) groups is 2. The molecule has 1 fully saturated rings. The lowest BCUT2D eigenvalue weighted by Crippen LogP contribution is -2.53. The van der Waals surface area contributed by atoms with E-state index in [4.69, 9.17) is 9.47 Å². The highest BCUT2D eigenvalue weighted by Gasteiger charge is 2.26. The zero-order valence-corrected chi connectivity index (χ0v) is 16.3. The van der Waals surface area contributed by atoms with Gasteiger partial charge in [-0.2, -0.15) is 0 Å². The Bertz CT molecular complexity index is 647. The second kappa shape index (κ2) is 8.29. The van der Waals surface area contributed by atoms with Crippen molar-refractivity contribution in [1.29, 1.82) is 0 Å². The van der Waals surface area contributed by atoms with Gasteiger partial charge in [-0.05, 0) is 23.6 Å². The number of methoxy groups -OCH3 is 2. The van der Waals surface area contributed by atoms with E-state index in [9.17, 15) is 9.59 Å². The molecule has 1 aliphatic heterocycles. The van der Waals surface area contributed by atoms with Gasteiger partial charge < -0.3 is 24.6 Å². The highest BCUT2D eigenvalue weighted by atomic mass is 16.5. The number of nitrogens with one attached hydrogen (secondary N) is 1. The lowest BCUT2D eigenvalue weighted by molar-refractivity contribution is 0.0663. The normalized spacial score (nSPS) is 14.8. The Kier molecular flexibility index (Phi) is 6.34. The molecule has 26 heavy (non-hydrogen) atoms. The smallest absolute Gasteiger partial charge is 0.317 e. The first kappa shape index (κ1) is 19.9. The van der Waals surface area contributed by atoms with Crippen LogP contribution in [-0.2, 0) is 0 Å². The Hall–Kier alpha value is -2.44. The van der Waals surface area contributed by atoms with Crippen LogP contribution in [-0.4, -0.2) is 68.7 Å². The molecule has 1 aliphatic rings. The molecule has 0 saturated carbocycles. The molecule has 0 aliphatic carbocycles. The van der Waals surface area contributed by atoms with E-state index in [0.717, 1.165) is 0 Å². The van der Waals surface area contributed by atoms with E-state index in [2.05, 4.69) is 26.1 Å². The maximum Gasteiger partial charge on any atom is 0.317 e. The standard InChI is InChI=1S/C19H29N3O4/c1-19(2,3)13-20-18(24)22-10-8-21(9-11-22)17(23)14-6-7-15(25-4)16(12-14)26-5/h6-7,12H,8-11,13H2,1-5H3,(H,20,24). The Labute approximate surface area is 155 Å². The van der Waals surface area contributed by atoms with Crippen LogP contribution in [0.2, 0.25) is 0 Å². The van der Waals surface area contributed by atoms with Gasteiger partial charge in [0, 0.05) is 38.3 Å². The summed E-state index contributed by atoms with van der Waals surface area (Å²) in [5.41, 5.74) is 0.592. The number of amides is 3. The molecule has 0 unspecified atom stereocenters. The van der Waals surface area contributed by atoms with Crippen LogP contribution in [0.4, 0.5) is 4.79 Å². The van der Waals surface area contributed by atoms with E-state index >= 15 is 0 Å². The number of urea groups is 1. The number of hydrogen-bond acceptors (Lipinski definition) is 4. The molecule has 0 atom stereocenters. The van der Waals surface area contributed by atoms with E-state index in [-0.39, 0.29) is 17.4 Å². The lowest BCUT2D eigenvalue weighted by atomic mass is 9.97. The van der Waals surface area contributed by atoms with Crippen LogP contribution in [0.5, 0.6) is 11.5 Å². The Morgan fingerprint density at radius 2 is 1.58 bits per heavy atom. The molecule has 3 amide bonds. The predicted molar refractivity (Wildman–Crippen MR) is 99.9 cm³/mol. The molecule has 144 valence electrons. The molecule has 7 nitrogen and oxygen atoms in total. The van der Waals surface area contributed by atoms with Crippen molar-refractivity contribution < 1.29 is 19.1 Å². The van der Waals surface area contributed by atoms with Gasteiger partial charge in [-0.3, -0.25) is 4.79 Å². The van der Waals surface area contributed by atoms with Crippen LogP contribution >= 0.6 is 0 Å². The monoisotopic (exact) mass is 363 g/mol. The maximum absolute atomic E-state index is 12.7. The fraction of sp³-hybridized carbons (Fsp3) is 0.579. The molecule has 0 radical (unpaired) electrons. The molecular formula is C19H29N3O4. The molecule has 1 aromatic rings. The molecule has 1 saturated heterocycles. The second-order valence-corrected chi connectivity index (χ2v) is 7.57. The van der Waals surface area contributed by atoms with E-state index in [0.29, 0.717) is 49.8 Å². The summed E-state index contributed by atoms with van der Waals surface area (Å²) in [5.74, 6) is 1.05. The fourth-order valence-corrected chi connectivity index (χ4v) is 2.72. The molecular weight excluding hydrogens is 334 g/mol. The number of rotatable bonds is 4. The van der Waals surface area contributed by atoms with E-state index in [1.54, 1.807) is 42.2 Å². The van der Waals surface area contributed by atoms with Crippen molar-refractivity contribution in [2.75, 3.05) is 46.9 Å². The number of nitrogens with zero attached hydrogens (tertiary/aromatic N) is 2. The second-order valence-electron chi connectivity index (χ2n) is 7.57. The van der Waals surface area contributed by atoms with Crippen LogP contribution in [0.25, 0.3) is 0 Å². The minimum absolute atomic E-state index is 0.0425. The minimum Gasteiger partial charge on any atom is -0.493 e. The highest BCUT2D eigenvalue weighted by molar-refractivity contribution is 5.95. The van der Waals surface area contributed by atoms with E-state index in [1.165, 1.54) is 0 Å². The van der Waals surface area contributed by atoms with Crippen molar-refractivity contribution >= 4 is 11.9 Å². The van der Waals surface area contributed by atoms with Gasteiger partial charge in [-0.25, -0.2) is 4.79 Å². The van der Waals surface area contributed by atoms with Crippen LogP contribution in [0.15, 0.2) is 18.2 Å². The molecule has 0 aromatic heterocycles. The van der Waals surface area contributed by atoms with Crippen LogP contribution in [0.3, 0.4) is 0 Å². The van der Waals surface area contributed by atoms with E-state index in [1.807, 2.05) is 0 Å². The van der Waals surface area contributed by atoms with Crippen molar-refractivity contribution in [2.45, 2.75) is 20.8 Å². The van der Waals surface area contributed by atoms with Crippen molar-refractivity contribution in [3.63, 3.8) is 0 Å². The zero-order valence-electron chi connectivity index (χ0n) is 16.3. The zero-order chi connectivity index (χ0) is 19.3. The predicted octanol–water partition coefficient (Wildman–Crippen LogP) is 2.22. The van der Waals surface area contributed by atoms with Crippen molar-refractivity contribution in [3.8, 4) is 11.5 Å². The van der Waals surface area contributed by atoms with Gasteiger partial charge in [0.1, 0.15) is 0 Å². The van der Waals surface area contributed by atoms with Crippen LogP contribution in [0, 0.1) is 5.41 Å². The van der Waals surface area contributed by atoms with Crippen LogP contribution < -0.4 is 14.8 Å². The number of ether oxygens (including phenoxy) is 2. The largest absolute Gasteiger partial charge is 0.493 e. The van der Waals surface area contributed by atoms with Gasteiger partial charge in [0.2, 0.25) is 0 Å². The number of carbonyl (C=O) groups excluding carboxylic acids is 2. The quantitative estimate of drug-likeness (QED) is 0.890. The summed E-state index contributed by atoms with van der Waals surface area (Å²) >= 11 is 0. The molecule has 1 N–H and O–H groups in total. The summed E-state index contributed by atoms with van der Waals surface area (Å²) in [6, 6.07) is 5.07. The first-order valence-corrected chi connectivity index (χ1v) is 8.79. The van der Waals surface area contributed by atoms with E-state index < -0.39 is 0 Å². The third-order valence-electron chi connectivity index (χ3n) is 4.25. The maximum atomic E-state index is 12.7. The number of piperazine rings is 1. The number of benzene rings is 1. The Morgan fingerprint density at radius 3 is 2.12 bits per heavy atom. The van der Waals surface area contributed by atoms with Gasteiger partial charge in [0.15, 0.2) is 11.5 Å². The number of hydrogen-bond donors (Lipinski definition) is 1. The van der Waals surface area contributed by atoms with Crippen molar-refractivity contribution in [1.82, 2.24) is 15.1 Å². The van der Waals surface area contributed by atoms with Gasteiger partial charge in [0.05, 0.1) is 14.2 Å². The molecule has 2 rings (SSSR count). The average Bonchev–Trinajstić information content (AvgIpc) is 2.64. The third kappa shape index (κ3) is 5.03. The molecule has 0 spiro atoms. The van der Waals surface area contributed by atoms with Gasteiger partial charge in [-0.1, -0.05) is 20.8 Å². The summed E-state index contributed by atoms with van der Waals surface area (Å²) < 4.78 is 10.5. The SMILES string of the molecule is COc1ccc(C(=O)N2CCN(C(=O)NCC(C)(C)C)CC2)cc1OC. The Morgan fingerprint density at radius 1 is 1.00 bits per heavy atom. The summed E-state index contributed by atoms with van der Waals surface area (Å²) in [7, 11) is 3.10. The van der Waals surface area contributed by atoms with Gasteiger partial charge >= 0.3 is 6.03 Å². The Balaban J connectivity index is 1.93. The van der Waals surface area contributed by atoms with Crippen molar-refractivity contribution in [2.24, 2.45) is 5.41 Å².